The quantitative estimate of drug-likeness (QED) is 0.630. The lowest BCUT2D eigenvalue weighted by Gasteiger charge is -2.14. The molecule has 0 fully saturated rings. The van der Waals surface area contributed by atoms with Crippen molar-refractivity contribution in [2.24, 2.45) is 0 Å². The van der Waals surface area contributed by atoms with Crippen LogP contribution in [-0.4, -0.2) is 15.7 Å². The van der Waals surface area contributed by atoms with E-state index in [1.54, 1.807) is 22.9 Å². The lowest BCUT2D eigenvalue weighted by atomic mass is 9.95. The summed E-state index contributed by atoms with van der Waals surface area (Å²) in [6, 6.07) is 10.4. The first kappa shape index (κ1) is 17.9. The molecule has 1 heterocycles. The molecule has 0 unspecified atom stereocenters. The minimum Gasteiger partial charge on any atom is -0.318 e. The first-order chi connectivity index (χ1) is 13.0. The second-order valence-electron chi connectivity index (χ2n) is 6.45. The Bertz CT molecular complexity index is 1010. The van der Waals surface area contributed by atoms with Crippen LogP contribution in [0.5, 0.6) is 0 Å². The molecule has 1 N–H and O–H groups in total. The minimum absolute atomic E-state index is 0.101. The fraction of sp³-hybridized carbons (Fsp3) is 0.200. The topological polar surface area (TPSA) is 46.9 Å². The lowest BCUT2D eigenvalue weighted by Crippen LogP contribution is -2.16. The maximum Gasteiger partial charge on any atom is 0.276 e. The molecule has 1 aliphatic carbocycles. The van der Waals surface area contributed by atoms with Crippen LogP contribution in [-0.2, 0) is 12.8 Å². The van der Waals surface area contributed by atoms with E-state index in [2.05, 4.69) is 26.3 Å². The minimum atomic E-state index is -0.524. The van der Waals surface area contributed by atoms with Gasteiger partial charge in [0.1, 0.15) is 11.6 Å². The van der Waals surface area contributed by atoms with Crippen molar-refractivity contribution >= 4 is 27.5 Å². The van der Waals surface area contributed by atoms with Crippen molar-refractivity contribution in [3.63, 3.8) is 0 Å². The van der Waals surface area contributed by atoms with E-state index in [1.165, 1.54) is 24.3 Å². The van der Waals surface area contributed by atoms with Crippen LogP contribution in [0.4, 0.5) is 14.5 Å². The van der Waals surface area contributed by atoms with Crippen LogP contribution >= 0.6 is 15.9 Å². The summed E-state index contributed by atoms with van der Waals surface area (Å²) in [5, 5.41) is 7.09. The number of carbonyl (C=O) groups is 1. The van der Waals surface area contributed by atoms with Crippen LogP contribution in [0.2, 0.25) is 0 Å². The Hall–Kier alpha value is -2.54. The number of fused-ring (bicyclic) bond motifs is 1. The van der Waals surface area contributed by atoms with E-state index in [0.717, 1.165) is 36.9 Å². The predicted octanol–water partition coefficient (Wildman–Crippen LogP) is 5.04. The summed E-state index contributed by atoms with van der Waals surface area (Å²) >= 11 is 3.20. The van der Waals surface area contributed by atoms with Gasteiger partial charge in [-0.05, 0) is 68.1 Å². The highest BCUT2D eigenvalue weighted by Gasteiger charge is 2.26. The van der Waals surface area contributed by atoms with E-state index in [-0.39, 0.29) is 17.2 Å². The third-order valence-corrected chi connectivity index (χ3v) is 5.14. The molecule has 0 atom stereocenters. The molecule has 1 amide bonds. The van der Waals surface area contributed by atoms with E-state index >= 15 is 0 Å². The third-order valence-electron chi connectivity index (χ3n) is 4.65. The Labute approximate surface area is 163 Å². The summed E-state index contributed by atoms with van der Waals surface area (Å²) in [4.78, 5) is 12.8. The fourth-order valence-electron chi connectivity index (χ4n) is 3.35. The Morgan fingerprint density at radius 3 is 2.56 bits per heavy atom. The molecule has 4 nitrogen and oxygen atoms in total. The van der Waals surface area contributed by atoms with Crippen LogP contribution < -0.4 is 5.32 Å². The summed E-state index contributed by atoms with van der Waals surface area (Å²) in [6.45, 7) is 0. The Balaban J connectivity index is 1.72. The van der Waals surface area contributed by atoms with Gasteiger partial charge in [-0.15, -0.1) is 0 Å². The number of halogens is 3. The van der Waals surface area contributed by atoms with E-state index in [4.69, 9.17) is 0 Å². The summed E-state index contributed by atoms with van der Waals surface area (Å²) < 4.78 is 29.6. The van der Waals surface area contributed by atoms with Crippen molar-refractivity contribution in [2.45, 2.75) is 25.7 Å². The number of benzene rings is 2. The summed E-state index contributed by atoms with van der Waals surface area (Å²) in [5.74, 6) is -1.30. The Morgan fingerprint density at radius 2 is 1.81 bits per heavy atom. The molecule has 4 rings (SSSR count). The molecule has 7 heteroatoms. The number of nitrogens with zero attached hydrogens (tertiary/aromatic N) is 2. The van der Waals surface area contributed by atoms with Gasteiger partial charge >= 0.3 is 0 Å². The highest BCUT2D eigenvalue weighted by atomic mass is 79.9. The van der Waals surface area contributed by atoms with Gasteiger partial charge in [0.15, 0.2) is 5.69 Å². The summed E-state index contributed by atoms with van der Waals surface area (Å²) in [7, 11) is 0. The van der Waals surface area contributed by atoms with Crippen molar-refractivity contribution in [2.75, 3.05) is 5.32 Å². The van der Waals surface area contributed by atoms with Gasteiger partial charge in [-0.25, -0.2) is 13.5 Å². The van der Waals surface area contributed by atoms with Crippen molar-refractivity contribution in [1.82, 2.24) is 9.78 Å². The fourth-order valence-corrected chi connectivity index (χ4v) is 3.68. The molecule has 138 valence electrons. The van der Waals surface area contributed by atoms with E-state index in [9.17, 15) is 13.6 Å². The molecule has 1 aromatic heterocycles. The van der Waals surface area contributed by atoms with Crippen LogP contribution in [0, 0.1) is 11.6 Å². The standard InChI is InChI=1S/C20H16BrF2N3O/c21-12-5-10-17(16(23)11-12)24-20(27)19-15-3-1-2-4-18(15)26(25-19)14-8-6-13(22)7-9-14/h5-11H,1-4H2,(H,24,27). The molecule has 1 aliphatic rings. The van der Waals surface area contributed by atoms with Crippen molar-refractivity contribution in [1.29, 1.82) is 0 Å². The maximum atomic E-state index is 14.1. The molecule has 0 spiro atoms. The molecule has 27 heavy (non-hydrogen) atoms. The molecule has 0 saturated heterocycles. The molecule has 2 aromatic carbocycles. The second kappa shape index (κ2) is 7.23. The zero-order valence-corrected chi connectivity index (χ0v) is 15.9. The number of hydrogen-bond acceptors (Lipinski definition) is 2. The first-order valence-corrected chi connectivity index (χ1v) is 9.45. The highest BCUT2D eigenvalue weighted by molar-refractivity contribution is 9.10. The SMILES string of the molecule is O=C(Nc1ccc(Br)cc1F)c1nn(-c2ccc(F)cc2)c2c1CCCC2. The first-order valence-electron chi connectivity index (χ1n) is 8.66. The van der Waals surface area contributed by atoms with Gasteiger partial charge in [0.05, 0.1) is 11.4 Å². The molecule has 0 radical (unpaired) electrons. The lowest BCUT2D eigenvalue weighted by molar-refractivity contribution is 0.102. The molecule has 3 aromatic rings. The van der Waals surface area contributed by atoms with Crippen molar-refractivity contribution in [3.8, 4) is 5.69 Å². The normalized spacial score (nSPS) is 13.3. The number of anilines is 1. The van der Waals surface area contributed by atoms with Gasteiger partial charge in [0, 0.05) is 15.7 Å². The highest BCUT2D eigenvalue weighted by Crippen LogP contribution is 2.28. The molecule has 0 bridgehead atoms. The average Bonchev–Trinajstić information content (AvgIpc) is 3.04. The van der Waals surface area contributed by atoms with Crippen LogP contribution in [0.1, 0.15) is 34.6 Å². The number of amides is 1. The smallest absolute Gasteiger partial charge is 0.276 e. The second-order valence-corrected chi connectivity index (χ2v) is 7.36. The molecule has 0 aliphatic heterocycles. The van der Waals surface area contributed by atoms with Crippen LogP contribution in [0.3, 0.4) is 0 Å². The number of carbonyl (C=O) groups excluding carboxylic acids is 1. The molecular weight excluding hydrogens is 416 g/mol. The van der Waals surface area contributed by atoms with Gasteiger partial charge in [-0.2, -0.15) is 5.10 Å². The maximum absolute atomic E-state index is 14.1. The van der Waals surface area contributed by atoms with E-state index in [1.807, 2.05) is 0 Å². The van der Waals surface area contributed by atoms with Gasteiger partial charge in [-0.3, -0.25) is 4.79 Å². The van der Waals surface area contributed by atoms with Crippen molar-refractivity contribution in [3.05, 3.63) is 75.5 Å². The number of hydrogen-bond donors (Lipinski definition) is 1. The van der Waals surface area contributed by atoms with Gasteiger partial charge < -0.3 is 5.32 Å². The van der Waals surface area contributed by atoms with Crippen molar-refractivity contribution < 1.29 is 13.6 Å². The Kier molecular flexibility index (Phi) is 4.78. The number of aromatic nitrogens is 2. The molecular formula is C20H16BrF2N3O. The number of nitrogens with one attached hydrogen (secondary N) is 1. The Morgan fingerprint density at radius 1 is 1.07 bits per heavy atom. The van der Waals surface area contributed by atoms with Crippen LogP contribution in [0.25, 0.3) is 5.69 Å². The van der Waals surface area contributed by atoms with E-state index in [0.29, 0.717) is 10.2 Å². The zero-order chi connectivity index (χ0) is 19.0. The largest absolute Gasteiger partial charge is 0.318 e. The van der Waals surface area contributed by atoms with Gasteiger partial charge in [0.2, 0.25) is 0 Å². The third kappa shape index (κ3) is 3.51. The summed E-state index contributed by atoms with van der Waals surface area (Å²) in [5.41, 5.74) is 2.92. The van der Waals surface area contributed by atoms with Crippen LogP contribution in [0.15, 0.2) is 46.9 Å². The molecule has 0 saturated carbocycles. The number of rotatable bonds is 3. The van der Waals surface area contributed by atoms with Gasteiger partial charge in [-0.1, -0.05) is 15.9 Å². The zero-order valence-electron chi connectivity index (χ0n) is 14.3. The monoisotopic (exact) mass is 431 g/mol. The summed E-state index contributed by atoms with van der Waals surface area (Å²) in [6.07, 6.45) is 3.50. The predicted molar refractivity (Wildman–Crippen MR) is 102 cm³/mol. The van der Waals surface area contributed by atoms with E-state index < -0.39 is 11.7 Å². The average molecular weight is 432 g/mol. The van der Waals surface area contributed by atoms with Gasteiger partial charge in [0.25, 0.3) is 5.91 Å².